The number of ether oxygens (including phenoxy) is 2. The van der Waals surface area contributed by atoms with Gasteiger partial charge in [-0.3, -0.25) is 14.2 Å². The maximum atomic E-state index is 13.8. The van der Waals surface area contributed by atoms with Gasteiger partial charge < -0.3 is 19.8 Å². The lowest BCUT2D eigenvalue weighted by Gasteiger charge is -2.17. The Morgan fingerprint density at radius 1 is 1.22 bits per heavy atom. The molecule has 9 heteroatoms. The highest BCUT2D eigenvalue weighted by atomic mass is 19.1. The van der Waals surface area contributed by atoms with Crippen molar-refractivity contribution in [1.82, 2.24) is 14.9 Å². The fourth-order valence-corrected chi connectivity index (χ4v) is 2.42. The number of rotatable bonds is 9. The molecule has 0 unspecified atom stereocenters. The quantitative estimate of drug-likeness (QED) is 0.629. The maximum absolute atomic E-state index is 13.8. The third-order valence-corrected chi connectivity index (χ3v) is 3.73. The van der Waals surface area contributed by atoms with Crippen molar-refractivity contribution in [3.63, 3.8) is 0 Å². The number of aromatic nitrogens is 2. The summed E-state index contributed by atoms with van der Waals surface area (Å²) < 4.78 is 25.2. The number of hydrogen-bond acceptors (Lipinski definition) is 5. The molecule has 0 atom stereocenters. The van der Waals surface area contributed by atoms with Crippen molar-refractivity contribution < 1.29 is 18.7 Å². The van der Waals surface area contributed by atoms with Crippen molar-refractivity contribution in [2.24, 2.45) is 0 Å². The average molecular weight is 379 g/mol. The van der Waals surface area contributed by atoms with Crippen LogP contribution in [-0.2, 0) is 16.0 Å². The molecule has 0 aliphatic carbocycles. The Kier molecular flexibility index (Phi) is 7.44. The summed E-state index contributed by atoms with van der Waals surface area (Å²) in [4.78, 5) is 39.2. The molecule has 27 heavy (non-hydrogen) atoms. The van der Waals surface area contributed by atoms with Crippen molar-refractivity contribution in [2.45, 2.75) is 26.7 Å². The van der Waals surface area contributed by atoms with Crippen LogP contribution in [0.15, 0.2) is 40.1 Å². The molecule has 2 N–H and O–H groups in total. The first-order valence-corrected chi connectivity index (χ1v) is 8.55. The summed E-state index contributed by atoms with van der Waals surface area (Å²) in [5, 5.41) is 2.53. The van der Waals surface area contributed by atoms with E-state index in [2.05, 4.69) is 10.3 Å². The zero-order valence-electron chi connectivity index (χ0n) is 15.2. The fraction of sp³-hybridized carbons (Fsp3) is 0.389. The van der Waals surface area contributed by atoms with Gasteiger partial charge in [0.15, 0.2) is 6.29 Å². The van der Waals surface area contributed by atoms with Crippen LogP contribution >= 0.6 is 0 Å². The second kappa shape index (κ2) is 9.79. The van der Waals surface area contributed by atoms with Gasteiger partial charge in [0.2, 0.25) is 0 Å². The number of amides is 1. The molecule has 0 fully saturated rings. The molecule has 0 saturated carbocycles. The first kappa shape index (κ1) is 20.5. The lowest BCUT2D eigenvalue weighted by atomic mass is 10.2. The minimum absolute atomic E-state index is 0.0341. The molecule has 0 aliphatic heterocycles. The molecule has 146 valence electrons. The number of halogens is 1. The Morgan fingerprint density at radius 2 is 1.89 bits per heavy atom. The SMILES string of the molecule is CCOC(CNC(=O)c1c[nH]c(=O)n(Cc2ccccc2F)c1=O)OCC. The van der Waals surface area contributed by atoms with E-state index in [1.54, 1.807) is 19.9 Å². The molecule has 1 amide bonds. The molecule has 0 bridgehead atoms. The van der Waals surface area contributed by atoms with Gasteiger partial charge in [0.25, 0.3) is 11.5 Å². The summed E-state index contributed by atoms with van der Waals surface area (Å²) in [6.07, 6.45) is 0.390. The maximum Gasteiger partial charge on any atom is 0.328 e. The van der Waals surface area contributed by atoms with E-state index < -0.39 is 29.3 Å². The van der Waals surface area contributed by atoms with Crippen molar-refractivity contribution in [3.8, 4) is 0 Å². The number of hydrogen-bond donors (Lipinski definition) is 2. The van der Waals surface area contributed by atoms with E-state index in [1.165, 1.54) is 18.2 Å². The third kappa shape index (κ3) is 5.35. The first-order chi connectivity index (χ1) is 13.0. The van der Waals surface area contributed by atoms with Gasteiger partial charge >= 0.3 is 5.69 Å². The van der Waals surface area contributed by atoms with Gasteiger partial charge in [-0.1, -0.05) is 18.2 Å². The molecule has 0 spiro atoms. The predicted octanol–water partition coefficient (Wildman–Crippen LogP) is 0.853. The van der Waals surface area contributed by atoms with E-state index in [4.69, 9.17) is 9.47 Å². The Hall–Kier alpha value is -2.78. The van der Waals surface area contributed by atoms with E-state index in [0.29, 0.717) is 13.2 Å². The summed E-state index contributed by atoms with van der Waals surface area (Å²) in [5.41, 5.74) is -1.65. The fourth-order valence-electron chi connectivity index (χ4n) is 2.42. The molecule has 0 aliphatic rings. The van der Waals surface area contributed by atoms with Gasteiger partial charge in [0.05, 0.1) is 13.1 Å². The highest BCUT2D eigenvalue weighted by Crippen LogP contribution is 2.06. The minimum Gasteiger partial charge on any atom is -0.351 e. The number of aromatic amines is 1. The van der Waals surface area contributed by atoms with Crippen LogP contribution in [-0.4, -0.2) is 41.5 Å². The van der Waals surface area contributed by atoms with Gasteiger partial charge in [-0.25, -0.2) is 9.18 Å². The van der Waals surface area contributed by atoms with E-state index in [-0.39, 0.29) is 24.2 Å². The monoisotopic (exact) mass is 379 g/mol. The number of nitrogens with zero attached hydrogens (tertiary/aromatic N) is 1. The van der Waals surface area contributed by atoms with E-state index >= 15 is 0 Å². The molecule has 2 rings (SSSR count). The van der Waals surface area contributed by atoms with E-state index in [9.17, 15) is 18.8 Å². The predicted molar refractivity (Wildman–Crippen MR) is 96.2 cm³/mol. The standard InChI is InChI=1S/C18H22FN3O5/c1-3-26-15(27-4-2)10-20-16(23)13-9-21-18(25)22(17(13)24)11-12-7-5-6-8-14(12)19/h5-9,15H,3-4,10-11H2,1-2H3,(H,20,23)(H,21,25). The van der Waals surface area contributed by atoms with Gasteiger partial charge in [-0.15, -0.1) is 0 Å². The molecule has 0 radical (unpaired) electrons. The van der Waals surface area contributed by atoms with Gasteiger partial charge in [-0.2, -0.15) is 0 Å². The lowest BCUT2D eigenvalue weighted by Crippen LogP contribution is -2.42. The largest absolute Gasteiger partial charge is 0.351 e. The first-order valence-electron chi connectivity index (χ1n) is 8.55. The van der Waals surface area contributed by atoms with Crippen LogP contribution in [0.3, 0.4) is 0 Å². The summed E-state index contributed by atoms with van der Waals surface area (Å²) in [5.74, 6) is -1.24. The molecule has 0 saturated heterocycles. The molecule has 1 heterocycles. The lowest BCUT2D eigenvalue weighted by molar-refractivity contribution is -0.131. The van der Waals surface area contributed by atoms with Crippen LogP contribution in [0.2, 0.25) is 0 Å². The topological polar surface area (TPSA) is 102 Å². The second-order valence-corrected chi connectivity index (χ2v) is 5.54. The van der Waals surface area contributed by atoms with Gasteiger partial charge in [0.1, 0.15) is 11.4 Å². The molecule has 1 aromatic carbocycles. The number of benzene rings is 1. The highest BCUT2D eigenvalue weighted by molar-refractivity contribution is 5.93. The van der Waals surface area contributed by atoms with Crippen molar-refractivity contribution >= 4 is 5.91 Å². The molecular formula is C18H22FN3O5. The second-order valence-electron chi connectivity index (χ2n) is 5.54. The number of carbonyl (C=O) groups excluding carboxylic acids is 1. The summed E-state index contributed by atoms with van der Waals surface area (Å²) in [6.45, 7) is 4.12. The highest BCUT2D eigenvalue weighted by Gasteiger charge is 2.17. The Balaban J connectivity index is 2.21. The normalized spacial score (nSPS) is 11.0. The third-order valence-electron chi connectivity index (χ3n) is 3.73. The number of H-pyrrole nitrogens is 1. The summed E-state index contributed by atoms with van der Waals surface area (Å²) in [6, 6.07) is 5.79. The zero-order chi connectivity index (χ0) is 19.8. The molecule has 8 nitrogen and oxygen atoms in total. The van der Waals surface area contributed by atoms with Gasteiger partial charge in [0, 0.05) is 25.0 Å². The van der Waals surface area contributed by atoms with Gasteiger partial charge in [-0.05, 0) is 19.9 Å². The smallest absolute Gasteiger partial charge is 0.328 e. The summed E-state index contributed by atoms with van der Waals surface area (Å²) >= 11 is 0. The van der Waals surface area contributed by atoms with E-state index in [0.717, 1.165) is 10.8 Å². The minimum atomic E-state index is -0.816. The zero-order valence-corrected chi connectivity index (χ0v) is 15.2. The molecular weight excluding hydrogens is 357 g/mol. The molecule has 2 aromatic rings. The van der Waals surface area contributed by atoms with Crippen molar-refractivity contribution in [2.75, 3.05) is 19.8 Å². The Bertz CT molecular complexity index is 887. The number of carbonyl (C=O) groups is 1. The number of nitrogens with one attached hydrogen (secondary N) is 2. The Morgan fingerprint density at radius 3 is 2.52 bits per heavy atom. The van der Waals surface area contributed by atoms with Crippen LogP contribution in [0.25, 0.3) is 0 Å². The van der Waals surface area contributed by atoms with E-state index in [1.807, 2.05) is 0 Å². The van der Waals surface area contributed by atoms with Crippen LogP contribution < -0.4 is 16.6 Å². The van der Waals surface area contributed by atoms with Crippen molar-refractivity contribution in [3.05, 3.63) is 68.2 Å². The van der Waals surface area contributed by atoms with Crippen molar-refractivity contribution in [1.29, 1.82) is 0 Å². The van der Waals surface area contributed by atoms with Crippen LogP contribution in [0.4, 0.5) is 4.39 Å². The van der Waals surface area contributed by atoms with Crippen LogP contribution in [0, 0.1) is 5.82 Å². The average Bonchev–Trinajstić information content (AvgIpc) is 2.64. The summed E-state index contributed by atoms with van der Waals surface area (Å²) in [7, 11) is 0. The molecule has 1 aromatic heterocycles. The Labute approximate surface area is 154 Å². The van der Waals surface area contributed by atoms with Crippen LogP contribution in [0.1, 0.15) is 29.8 Å². The van der Waals surface area contributed by atoms with Crippen LogP contribution in [0.5, 0.6) is 0 Å².